The Morgan fingerprint density at radius 1 is 0.950 bits per heavy atom. The number of nitrogens with two attached hydrogens (primary N) is 3. The number of carbonyl (C=O) groups is 2. The largest absolute Gasteiger partial charge is 0.394 e. The molecule has 1 aromatic rings. The lowest BCUT2D eigenvalue weighted by molar-refractivity contribution is -0.125. The Labute approximate surface area is 235 Å². The highest BCUT2D eigenvalue weighted by atomic mass is 16.4. The molecule has 0 saturated carbocycles. The molecule has 228 valence electrons. The fourth-order valence-corrected chi connectivity index (χ4v) is 3.74. The molecule has 2 amide bonds. The van der Waals surface area contributed by atoms with Crippen LogP contribution in [0.1, 0.15) is 44.6 Å². The molecular weight excluding hydrogens is 522 g/mol. The molecule has 1 rings (SSSR count). The first-order chi connectivity index (χ1) is 19.0. The highest BCUT2D eigenvalue weighted by Gasteiger charge is 2.30. The average Bonchev–Trinajstić information content (AvgIpc) is 2.95. The van der Waals surface area contributed by atoms with Crippen molar-refractivity contribution in [3.8, 4) is 0 Å². The van der Waals surface area contributed by atoms with Crippen molar-refractivity contribution in [1.29, 1.82) is 0 Å². The van der Waals surface area contributed by atoms with Crippen LogP contribution in [0.4, 0.5) is 5.69 Å². The summed E-state index contributed by atoms with van der Waals surface area (Å²) in [5.74, 6) is -0.559. The fraction of sp³-hybridized carbons (Fsp3) is 0.654. The number of hydrogen-bond acceptors (Lipinski definition) is 10. The third-order valence-corrected chi connectivity index (χ3v) is 6.35. The molecular formula is C26H47N7O7. The Bertz CT molecular complexity index is 900. The second-order valence-corrected chi connectivity index (χ2v) is 9.66. The van der Waals surface area contributed by atoms with Crippen molar-refractivity contribution < 1.29 is 35.1 Å². The number of nitrogens with one attached hydrogen (secondary N) is 3. The Balaban J connectivity index is 2.59. The summed E-state index contributed by atoms with van der Waals surface area (Å²) in [6.07, 6.45) is -3.11. The molecule has 0 aliphatic rings. The lowest BCUT2D eigenvalue weighted by Crippen LogP contribution is -2.52. The number of hydrogen-bond donors (Lipinski definition) is 11. The van der Waals surface area contributed by atoms with Gasteiger partial charge < -0.3 is 58.7 Å². The number of aliphatic hydroxyl groups excluding tert-OH is 5. The molecule has 0 heterocycles. The second-order valence-electron chi connectivity index (χ2n) is 9.66. The van der Waals surface area contributed by atoms with Crippen molar-refractivity contribution >= 4 is 23.5 Å². The number of guanidine groups is 1. The number of anilines is 1. The van der Waals surface area contributed by atoms with Crippen LogP contribution in [0.15, 0.2) is 29.3 Å². The van der Waals surface area contributed by atoms with Crippen LogP contribution in [0, 0.1) is 0 Å². The number of benzene rings is 1. The van der Waals surface area contributed by atoms with E-state index >= 15 is 0 Å². The highest BCUT2D eigenvalue weighted by molar-refractivity contribution is 5.94. The molecule has 1 aromatic carbocycles. The van der Waals surface area contributed by atoms with Crippen LogP contribution in [-0.4, -0.2) is 106 Å². The van der Waals surface area contributed by atoms with Crippen LogP contribution in [0.25, 0.3) is 0 Å². The molecule has 40 heavy (non-hydrogen) atoms. The molecule has 0 aliphatic carbocycles. The minimum Gasteiger partial charge on any atom is -0.394 e. The highest BCUT2D eigenvalue weighted by Crippen LogP contribution is 2.12. The first-order valence-corrected chi connectivity index (χ1v) is 13.5. The van der Waals surface area contributed by atoms with Crippen molar-refractivity contribution in [3.63, 3.8) is 0 Å². The summed E-state index contributed by atoms with van der Waals surface area (Å²) >= 11 is 0. The van der Waals surface area contributed by atoms with E-state index in [1.807, 2.05) is 19.1 Å². The molecule has 0 aliphatic heterocycles. The number of carbonyl (C=O) groups excluding carboxylic acids is 2. The predicted molar refractivity (Wildman–Crippen MR) is 152 cm³/mol. The van der Waals surface area contributed by atoms with Crippen molar-refractivity contribution in [2.24, 2.45) is 22.2 Å². The standard InChI is InChI=1S/C26H47N7O7/c1-2-18(27)24(39)33-17-10-8-16(9-11-17)6-5-13-30-25(40)19(7-3-4-12-31-26(28)29)32-14-20(35)22(37)23(38)21(36)15-34/h8-11,18-23,32,34-38H,2-7,12-15,27H2,1H3,(H,30,40)(H,33,39)(H4,28,29,31)/t18-,19-,20-,21?,22+,23+/m0/s1. The molecule has 0 fully saturated rings. The molecule has 1 unspecified atom stereocenters. The van der Waals surface area contributed by atoms with Crippen molar-refractivity contribution in [2.75, 3.05) is 31.6 Å². The minimum atomic E-state index is -1.76. The Morgan fingerprint density at radius 3 is 2.20 bits per heavy atom. The van der Waals surface area contributed by atoms with E-state index in [0.29, 0.717) is 57.3 Å². The van der Waals surface area contributed by atoms with Gasteiger partial charge in [0.05, 0.1) is 24.8 Å². The lowest BCUT2D eigenvalue weighted by Gasteiger charge is -2.27. The van der Waals surface area contributed by atoms with Crippen LogP contribution in [0.5, 0.6) is 0 Å². The molecule has 0 radical (unpaired) electrons. The Hall–Kier alpha value is -2.85. The maximum absolute atomic E-state index is 12.9. The number of nitrogens with zero attached hydrogens (tertiary/aromatic N) is 1. The minimum absolute atomic E-state index is 0.0202. The van der Waals surface area contributed by atoms with Crippen molar-refractivity contribution in [1.82, 2.24) is 10.6 Å². The number of unbranched alkanes of at least 4 members (excludes halogenated alkanes) is 1. The van der Waals surface area contributed by atoms with Gasteiger partial charge in [0.1, 0.15) is 18.3 Å². The van der Waals surface area contributed by atoms with E-state index in [0.717, 1.165) is 5.56 Å². The quantitative estimate of drug-likeness (QED) is 0.0435. The smallest absolute Gasteiger partial charge is 0.241 e. The molecule has 0 aromatic heterocycles. The zero-order valence-electron chi connectivity index (χ0n) is 23.1. The maximum Gasteiger partial charge on any atom is 0.241 e. The molecule has 0 spiro atoms. The third kappa shape index (κ3) is 13.5. The van der Waals surface area contributed by atoms with Gasteiger partial charge in [-0.25, -0.2) is 0 Å². The molecule has 0 saturated heterocycles. The van der Waals surface area contributed by atoms with E-state index in [1.54, 1.807) is 12.1 Å². The number of rotatable bonds is 20. The Morgan fingerprint density at radius 2 is 1.60 bits per heavy atom. The Kier molecular flexibility index (Phi) is 16.9. The summed E-state index contributed by atoms with van der Waals surface area (Å²) in [6, 6.07) is 6.12. The van der Waals surface area contributed by atoms with Crippen LogP contribution in [0.3, 0.4) is 0 Å². The molecule has 14 heteroatoms. The normalized spacial score (nSPS) is 15.8. The third-order valence-electron chi connectivity index (χ3n) is 6.35. The molecule has 14 N–H and O–H groups in total. The second kappa shape index (κ2) is 19.3. The summed E-state index contributed by atoms with van der Waals surface area (Å²) in [5, 5.41) is 57.0. The first kappa shape index (κ1) is 35.2. The zero-order chi connectivity index (χ0) is 30.1. The molecule has 14 nitrogen and oxygen atoms in total. The van der Waals surface area contributed by atoms with Gasteiger partial charge in [0.15, 0.2) is 5.96 Å². The van der Waals surface area contributed by atoms with Crippen LogP contribution < -0.4 is 33.2 Å². The van der Waals surface area contributed by atoms with Crippen LogP contribution >= 0.6 is 0 Å². The number of aliphatic hydroxyl groups is 5. The zero-order valence-corrected chi connectivity index (χ0v) is 23.1. The van der Waals surface area contributed by atoms with E-state index in [9.17, 15) is 30.0 Å². The molecule has 6 atom stereocenters. The van der Waals surface area contributed by atoms with Gasteiger partial charge in [-0.15, -0.1) is 0 Å². The summed E-state index contributed by atoms with van der Waals surface area (Å²) in [5.41, 5.74) is 18.1. The van der Waals surface area contributed by atoms with Gasteiger partial charge in [-0.2, -0.15) is 0 Å². The van der Waals surface area contributed by atoms with Gasteiger partial charge in [-0.05, 0) is 56.2 Å². The number of aliphatic imine (C=N–C) groups is 1. The summed E-state index contributed by atoms with van der Waals surface area (Å²) in [7, 11) is 0. The lowest BCUT2D eigenvalue weighted by atomic mass is 10.0. The first-order valence-electron chi connectivity index (χ1n) is 13.5. The fourth-order valence-electron chi connectivity index (χ4n) is 3.74. The van der Waals surface area contributed by atoms with Crippen molar-refractivity contribution in [2.45, 2.75) is 81.9 Å². The van der Waals surface area contributed by atoms with Gasteiger partial charge in [-0.3, -0.25) is 14.6 Å². The molecule has 0 bridgehead atoms. The number of amides is 2. The van der Waals surface area contributed by atoms with Crippen molar-refractivity contribution in [3.05, 3.63) is 29.8 Å². The summed E-state index contributed by atoms with van der Waals surface area (Å²) < 4.78 is 0. The topological polar surface area (TPSA) is 262 Å². The van der Waals surface area contributed by atoms with Gasteiger partial charge >= 0.3 is 0 Å². The average molecular weight is 570 g/mol. The number of aryl methyl sites for hydroxylation is 1. The van der Waals surface area contributed by atoms with E-state index < -0.39 is 43.1 Å². The summed E-state index contributed by atoms with van der Waals surface area (Å²) in [4.78, 5) is 28.7. The van der Waals surface area contributed by atoms with Crippen LogP contribution in [0.2, 0.25) is 0 Å². The van der Waals surface area contributed by atoms with E-state index in [-0.39, 0.29) is 24.3 Å². The van der Waals surface area contributed by atoms with E-state index in [4.69, 9.17) is 22.3 Å². The van der Waals surface area contributed by atoms with Gasteiger partial charge in [-0.1, -0.05) is 19.1 Å². The maximum atomic E-state index is 12.9. The van der Waals surface area contributed by atoms with E-state index in [1.165, 1.54) is 0 Å². The van der Waals surface area contributed by atoms with Gasteiger partial charge in [0.2, 0.25) is 11.8 Å². The van der Waals surface area contributed by atoms with Gasteiger partial charge in [0, 0.05) is 25.3 Å². The monoisotopic (exact) mass is 569 g/mol. The SMILES string of the molecule is CC[C@H](N)C(=O)Nc1ccc(CCCNC(=O)[C@H](CCCCN=C(N)N)NC[C@H](O)[C@@H](O)[C@H](O)C(O)CO)cc1. The predicted octanol–water partition coefficient (Wildman–Crippen LogP) is -2.75. The van der Waals surface area contributed by atoms with Gasteiger partial charge in [0.25, 0.3) is 0 Å². The van der Waals surface area contributed by atoms with Crippen LogP contribution in [-0.2, 0) is 16.0 Å². The summed E-state index contributed by atoms with van der Waals surface area (Å²) in [6.45, 7) is 1.60. The van der Waals surface area contributed by atoms with E-state index in [2.05, 4.69) is 20.9 Å².